The summed E-state index contributed by atoms with van der Waals surface area (Å²) in [6.07, 6.45) is 1.43. The maximum Gasteiger partial charge on any atom is 0.271 e. The van der Waals surface area contributed by atoms with E-state index in [-0.39, 0.29) is 11.7 Å². The fourth-order valence-electron chi connectivity index (χ4n) is 2.82. The molecular formula is C23H15ClI2N4O2S. The van der Waals surface area contributed by atoms with Gasteiger partial charge in [0.05, 0.1) is 15.5 Å². The summed E-state index contributed by atoms with van der Waals surface area (Å²) in [4.78, 5) is 17.0. The lowest BCUT2D eigenvalue weighted by Crippen LogP contribution is -2.17. The van der Waals surface area contributed by atoms with E-state index in [4.69, 9.17) is 11.6 Å². The third kappa shape index (κ3) is 6.22. The fourth-order valence-corrected chi connectivity index (χ4v) is 5.58. The molecule has 3 N–H and O–H groups in total. The molecule has 0 aliphatic rings. The Balaban J connectivity index is 1.39. The van der Waals surface area contributed by atoms with Gasteiger partial charge in [0, 0.05) is 36.4 Å². The Kier molecular flexibility index (Phi) is 7.83. The molecule has 166 valence electrons. The third-order valence-corrected chi connectivity index (χ3v) is 6.92. The number of benzene rings is 3. The maximum atomic E-state index is 12.4. The Morgan fingerprint density at radius 1 is 1.09 bits per heavy atom. The van der Waals surface area contributed by atoms with Crippen molar-refractivity contribution >= 4 is 91.1 Å². The number of thiazole rings is 1. The van der Waals surface area contributed by atoms with Gasteiger partial charge >= 0.3 is 0 Å². The van der Waals surface area contributed by atoms with E-state index < -0.39 is 0 Å². The standard InChI is InChI=1S/C23H15ClI2N4O2S/c24-16-5-7-18(8-6-16)28-23-29-20(12-33-23)13-1-3-14(4-2-13)22(32)30-27-11-15-9-17(25)10-19(26)21(15)31/h1-12,31H,(H,28,29)(H,30,32)/b27-11-. The molecule has 4 rings (SSSR count). The summed E-state index contributed by atoms with van der Waals surface area (Å²) < 4.78 is 1.68. The fraction of sp³-hybridized carbons (Fsp3) is 0. The van der Waals surface area contributed by atoms with Crippen molar-refractivity contribution in [3.63, 3.8) is 0 Å². The Morgan fingerprint density at radius 2 is 1.82 bits per heavy atom. The first kappa shape index (κ1) is 23.9. The number of halogens is 3. The number of hydrogen-bond donors (Lipinski definition) is 3. The van der Waals surface area contributed by atoms with Gasteiger partial charge in [-0.25, -0.2) is 10.4 Å². The van der Waals surface area contributed by atoms with Crippen LogP contribution < -0.4 is 10.7 Å². The molecule has 0 spiro atoms. The van der Waals surface area contributed by atoms with Crippen molar-refractivity contribution in [2.45, 2.75) is 0 Å². The SMILES string of the molecule is O=C(N/N=C\c1cc(I)cc(I)c1O)c1ccc(-c2csc(Nc3ccc(Cl)cc3)n2)cc1. The first-order valence-electron chi connectivity index (χ1n) is 9.49. The largest absolute Gasteiger partial charge is 0.506 e. The molecule has 0 radical (unpaired) electrons. The highest BCUT2D eigenvalue weighted by Gasteiger charge is 2.09. The number of aromatic hydroxyl groups is 1. The molecule has 0 fully saturated rings. The topological polar surface area (TPSA) is 86.6 Å². The van der Waals surface area contributed by atoms with Crippen LogP contribution in [0.2, 0.25) is 5.02 Å². The summed E-state index contributed by atoms with van der Waals surface area (Å²) >= 11 is 11.6. The summed E-state index contributed by atoms with van der Waals surface area (Å²) in [6, 6.07) is 18.2. The van der Waals surface area contributed by atoms with Gasteiger partial charge in [0.25, 0.3) is 5.91 Å². The van der Waals surface area contributed by atoms with Crippen LogP contribution in [0.1, 0.15) is 15.9 Å². The number of amides is 1. The number of phenols is 1. The van der Waals surface area contributed by atoms with Crippen molar-refractivity contribution in [1.82, 2.24) is 10.4 Å². The van der Waals surface area contributed by atoms with Gasteiger partial charge in [0.1, 0.15) is 5.75 Å². The minimum absolute atomic E-state index is 0.131. The highest BCUT2D eigenvalue weighted by Crippen LogP contribution is 2.28. The molecule has 3 aromatic carbocycles. The third-order valence-electron chi connectivity index (χ3n) is 4.47. The van der Waals surface area contributed by atoms with Gasteiger partial charge in [0.15, 0.2) is 5.13 Å². The quantitative estimate of drug-likeness (QED) is 0.116. The summed E-state index contributed by atoms with van der Waals surface area (Å²) in [7, 11) is 0. The Morgan fingerprint density at radius 3 is 2.55 bits per heavy atom. The van der Waals surface area contributed by atoms with Gasteiger partial charge < -0.3 is 10.4 Å². The summed E-state index contributed by atoms with van der Waals surface area (Å²) in [5, 5.41) is 20.7. The Bertz CT molecular complexity index is 1330. The number of aromatic nitrogens is 1. The second-order valence-electron chi connectivity index (χ2n) is 6.77. The number of nitrogens with one attached hydrogen (secondary N) is 2. The van der Waals surface area contributed by atoms with E-state index in [1.54, 1.807) is 18.2 Å². The molecule has 10 heteroatoms. The molecule has 0 atom stereocenters. The number of hydrogen-bond acceptors (Lipinski definition) is 6. The van der Waals surface area contributed by atoms with E-state index >= 15 is 0 Å². The molecule has 0 saturated carbocycles. The molecular weight excluding hydrogens is 686 g/mol. The first-order chi connectivity index (χ1) is 15.9. The molecule has 0 aliphatic heterocycles. The predicted octanol–water partition coefficient (Wildman–Crippen LogP) is 6.89. The molecule has 0 aliphatic carbocycles. The average molecular weight is 701 g/mol. The highest BCUT2D eigenvalue weighted by molar-refractivity contribution is 14.1. The number of phenolic OH excluding ortho intramolecular Hbond substituents is 1. The van der Waals surface area contributed by atoms with Gasteiger partial charge in [-0.1, -0.05) is 23.7 Å². The molecule has 33 heavy (non-hydrogen) atoms. The zero-order valence-electron chi connectivity index (χ0n) is 16.7. The smallest absolute Gasteiger partial charge is 0.271 e. The highest BCUT2D eigenvalue weighted by atomic mass is 127. The van der Waals surface area contributed by atoms with E-state index in [9.17, 15) is 9.90 Å². The summed E-state index contributed by atoms with van der Waals surface area (Å²) in [5.74, 6) is -0.215. The molecule has 0 bridgehead atoms. The molecule has 0 saturated heterocycles. The number of carbonyl (C=O) groups excluding carboxylic acids is 1. The van der Waals surface area contributed by atoms with Crippen molar-refractivity contribution in [3.05, 3.63) is 89.3 Å². The van der Waals surface area contributed by atoms with Gasteiger partial charge in [-0.3, -0.25) is 4.79 Å². The van der Waals surface area contributed by atoms with Crippen LogP contribution in [-0.2, 0) is 0 Å². The second-order valence-corrected chi connectivity index (χ2v) is 10.5. The van der Waals surface area contributed by atoms with Crippen LogP contribution in [0.15, 0.2) is 71.1 Å². The first-order valence-corrected chi connectivity index (χ1v) is 12.9. The molecule has 6 nitrogen and oxygen atoms in total. The van der Waals surface area contributed by atoms with E-state index in [0.717, 1.165) is 29.2 Å². The average Bonchev–Trinajstić information content (AvgIpc) is 3.27. The van der Waals surface area contributed by atoms with E-state index in [1.807, 2.05) is 70.4 Å². The van der Waals surface area contributed by atoms with E-state index in [1.165, 1.54) is 17.6 Å². The van der Waals surface area contributed by atoms with Gasteiger partial charge in [-0.15, -0.1) is 11.3 Å². The van der Waals surface area contributed by atoms with Crippen LogP contribution in [-0.4, -0.2) is 22.2 Å². The van der Waals surface area contributed by atoms with Gasteiger partial charge in [0.2, 0.25) is 0 Å². The van der Waals surface area contributed by atoms with Gasteiger partial charge in [-0.05, 0) is 93.7 Å². The van der Waals surface area contributed by atoms with Crippen molar-refractivity contribution < 1.29 is 9.90 Å². The lowest BCUT2D eigenvalue weighted by Gasteiger charge is -2.04. The lowest BCUT2D eigenvalue weighted by molar-refractivity contribution is 0.0955. The number of nitrogens with zero attached hydrogens (tertiary/aromatic N) is 2. The minimum Gasteiger partial charge on any atom is -0.506 e. The van der Waals surface area contributed by atoms with Crippen molar-refractivity contribution in [3.8, 4) is 17.0 Å². The Hall–Kier alpha value is -2.22. The van der Waals surface area contributed by atoms with Crippen LogP contribution in [0, 0.1) is 7.14 Å². The normalized spacial score (nSPS) is 11.0. The van der Waals surface area contributed by atoms with E-state index in [2.05, 4.69) is 43.4 Å². The lowest BCUT2D eigenvalue weighted by atomic mass is 10.1. The Labute approximate surface area is 226 Å². The van der Waals surface area contributed by atoms with Crippen LogP contribution >= 0.6 is 68.1 Å². The van der Waals surface area contributed by atoms with Crippen LogP contribution in [0.3, 0.4) is 0 Å². The number of rotatable bonds is 6. The zero-order chi connectivity index (χ0) is 23.4. The van der Waals surface area contributed by atoms with Crippen molar-refractivity contribution in [2.24, 2.45) is 5.10 Å². The van der Waals surface area contributed by atoms with Crippen LogP contribution in [0.25, 0.3) is 11.3 Å². The monoisotopic (exact) mass is 700 g/mol. The predicted molar refractivity (Wildman–Crippen MR) is 151 cm³/mol. The molecule has 0 unspecified atom stereocenters. The summed E-state index contributed by atoms with van der Waals surface area (Å²) in [5.41, 5.74) is 6.10. The van der Waals surface area contributed by atoms with Crippen LogP contribution in [0.4, 0.5) is 10.8 Å². The number of carbonyl (C=O) groups is 1. The molecule has 1 aromatic heterocycles. The molecule has 4 aromatic rings. The number of anilines is 2. The summed E-state index contributed by atoms with van der Waals surface area (Å²) in [6.45, 7) is 0. The molecule has 1 heterocycles. The van der Waals surface area contributed by atoms with Crippen LogP contribution in [0.5, 0.6) is 5.75 Å². The maximum absolute atomic E-state index is 12.4. The minimum atomic E-state index is -0.346. The zero-order valence-corrected chi connectivity index (χ0v) is 22.6. The van der Waals surface area contributed by atoms with Gasteiger partial charge in [-0.2, -0.15) is 5.10 Å². The van der Waals surface area contributed by atoms with E-state index in [0.29, 0.717) is 16.1 Å². The van der Waals surface area contributed by atoms with Crippen molar-refractivity contribution in [1.29, 1.82) is 0 Å². The second kappa shape index (κ2) is 10.8. The number of hydrazone groups is 1. The molecule has 1 amide bonds. The van der Waals surface area contributed by atoms with Crippen molar-refractivity contribution in [2.75, 3.05) is 5.32 Å².